The molecule has 5 aromatic carbocycles. The summed E-state index contributed by atoms with van der Waals surface area (Å²) in [4.78, 5) is 3.16. The van der Waals surface area contributed by atoms with E-state index in [1.807, 2.05) is 54.6 Å². The predicted octanol–water partition coefficient (Wildman–Crippen LogP) is 11.4. The number of aromatic hydroxyl groups is 2. The molecule has 2 aromatic heterocycles. The van der Waals surface area contributed by atoms with Gasteiger partial charge in [0.1, 0.15) is 44.9 Å². The predicted molar refractivity (Wildman–Crippen MR) is 232 cm³/mol. The van der Waals surface area contributed by atoms with Crippen molar-refractivity contribution < 1.29 is 10.2 Å². The summed E-state index contributed by atoms with van der Waals surface area (Å²) in [5.41, 5.74) is 8.90. The first-order chi connectivity index (χ1) is 26.5. The molecule has 296 valence electrons. The van der Waals surface area contributed by atoms with E-state index in [0.717, 1.165) is 61.9 Å². The smallest absolute Gasteiger partial charge is 0.147 e. The topological polar surface area (TPSA) is 102 Å². The van der Waals surface area contributed by atoms with E-state index in [1.54, 1.807) is 9.59 Å². The lowest BCUT2D eigenvalue weighted by Crippen LogP contribution is -2.27. The average Bonchev–Trinajstić information content (AvgIpc) is 3.74. The zero-order chi connectivity index (χ0) is 41.3. The summed E-state index contributed by atoms with van der Waals surface area (Å²) in [5, 5.41) is 43.5. The van der Waals surface area contributed by atoms with Crippen molar-refractivity contribution in [3.05, 3.63) is 130 Å². The molecule has 57 heavy (non-hydrogen) atoms. The van der Waals surface area contributed by atoms with E-state index in [-0.39, 0.29) is 27.7 Å². The number of benzene rings is 5. The highest BCUT2D eigenvalue weighted by molar-refractivity contribution is 5.76. The Morgan fingerprint density at radius 1 is 0.474 bits per heavy atom. The minimum atomic E-state index is -0.490. The average molecular weight is 763 g/mol. The van der Waals surface area contributed by atoms with Crippen molar-refractivity contribution in [2.75, 3.05) is 0 Å². The SMILES string of the molecule is CC(C)(C)CC(C)(C)c1cc(-n2nc3ccc(CC(C)(C)c4cc(C(C)(C)C)cc(-n5nc6ccccc6n5)c4O)cc3n2)c(O)c(C(C)(C)c2ccccc2)c1. The second kappa shape index (κ2) is 13.9. The van der Waals surface area contributed by atoms with E-state index in [1.165, 1.54) is 0 Å². The lowest BCUT2D eigenvalue weighted by Gasteiger charge is -2.35. The Balaban J connectivity index is 1.29. The molecule has 0 aliphatic rings. The highest BCUT2D eigenvalue weighted by Crippen LogP contribution is 2.45. The molecule has 7 rings (SSSR count). The standard InChI is InChI=1S/C49H58N6O2/c1-45(2,3)30-48(9,10)34-26-36(49(11,12)32-18-14-13-15-19-32)44(57)42(28-34)55-52-39-23-22-31(24-40(39)53-55)29-47(7,8)35-25-33(46(4,5)6)27-41(43(35)56)54-50-37-20-16-17-21-38(37)51-54/h13-28,56-57H,29-30H2,1-12H3. The Morgan fingerprint density at radius 2 is 0.965 bits per heavy atom. The molecule has 0 fully saturated rings. The third-order valence-corrected chi connectivity index (χ3v) is 11.5. The van der Waals surface area contributed by atoms with Gasteiger partial charge in [0, 0.05) is 16.5 Å². The molecule has 0 saturated heterocycles. The lowest BCUT2D eigenvalue weighted by molar-refractivity contribution is 0.283. The molecule has 0 spiro atoms. The molecule has 0 unspecified atom stereocenters. The fourth-order valence-corrected chi connectivity index (χ4v) is 8.55. The number of rotatable bonds is 9. The Kier molecular flexibility index (Phi) is 9.66. The molecule has 7 aromatic rings. The maximum absolute atomic E-state index is 12.1. The first-order valence-corrected chi connectivity index (χ1v) is 20.0. The van der Waals surface area contributed by atoms with Gasteiger partial charge in [-0.05, 0) is 93.2 Å². The highest BCUT2D eigenvalue weighted by atomic mass is 16.3. The van der Waals surface area contributed by atoms with Crippen LogP contribution in [0.4, 0.5) is 0 Å². The van der Waals surface area contributed by atoms with E-state index in [2.05, 4.69) is 126 Å². The van der Waals surface area contributed by atoms with Gasteiger partial charge in [0.2, 0.25) is 0 Å². The Morgan fingerprint density at radius 3 is 1.53 bits per heavy atom. The van der Waals surface area contributed by atoms with Crippen LogP contribution in [-0.4, -0.2) is 40.2 Å². The first-order valence-electron chi connectivity index (χ1n) is 20.0. The second-order valence-corrected chi connectivity index (χ2v) is 20.0. The van der Waals surface area contributed by atoms with Crippen molar-refractivity contribution in [1.29, 1.82) is 0 Å². The molecule has 0 aliphatic heterocycles. The van der Waals surface area contributed by atoms with Gasteiger partial charge in [-0.15, -0.1) is 30.0 Å². The monoisotopic (exact) mass is 762 g/mol. The first kappa shape index (κ1) is 39.7. The van der Waals surface area contributed by atoms with Gasteiger partial charge in [-0.3, -0.25) is 0 Å². The fraction of sp³-hybridized carbons (Fsp3) is 0.388. The van der Waals surface area contributed by atoms with Crippen LogP contribution in [0.5, 0.6) is 11.5 Å². The summed E-state index contributed by atoms with van der Waals surface area (Å²) in [6.07, 6.45) is 1.58. The zero-order valence-corrected chi connectivity index (χ0v) is 35.7. The number of hydrogen-bond donors (Lipinski definition) is 2. The van der Waals surface area contributed by atoms with Crippen molar-refractivity contribution in [2.24, 2.45) is 5.41 Å². The van der Waals surface area contributed by atoms with E-state index < -0.39 is 10.8 Å². The third kappa shape index (κ3) is 7.79. The van der Waals surface area contributed by atoms with E-state index in [4.69, 9.17) is 20.4 Å². The molecule has 0 aliphatic carbocycles. The molecule has 0 radical (unpaired) electrons. The number of hydrogen-bond acceptors (Lipinski definition) is 6. The summed E-state index contributed by atoms with van der Waals surface area (Å²) >= 11 is 0. The Hall–Kier alpha value is -5.50. The minimum Gasteiger partial charge on any atom is -0.505 e. The number of nitrogens with zero attached hydrogens (tertiary/aromatic N) is 6. The summed E-state index contributed by atoms with van der Waals surface area (Å²) in [7, 11) is 0. The van der Waals surface area contributed by atoms with Gasteiger partial charge in [0.05, 0.1) is 0 Å². The molecular formula is C49H58N6O2. The Bertz CT molecular complexity index is 2560. The van der Waals surface area contributed by atoms with Crippen LogP contribution in [0, 0.1) is 5.41 Å². The molecule has 0 saturated carbocycles. The van der Waals surface area contributed by atoms with Crippen LogP contribution in [0.15, 0.2) is 97.1 Å². The molecule has 8 heteroatoms. The molecular weight excluding hydrogens is 705 g/mol. The number of phenolic OH excluding ortho intramolecular Hbond substituents is 2. The van der Waals surface area contributed by atoms with Crippen LogP contribution in [0.2, 0.25) is 0 Å². The van der Waals surface area contributed by atoms with Crippen LogP contribution >= 0.6 is 0 Å². The molecule has 0 amide bonds. The molecule has 0 bridgehead atoms. The number of aromatic nitrogens is 6. The van der Waals surface area contributed by atoms with Crippen LogP contribution in [-0.2, 0) is 28.1 Å². The van der Waals surface area contributed by atoms with Crippen LogP contribution < -0.4 is 0 Å². The van der Waals surface area contributed by atoms with E-state index in [0.29, 0.717) is 17.8 Å². The van der Waals surface area contributed by atoms with Gasteiger partial charge < -0.3 is 10.2 Å². The van der Waals surface area contributed by atoms with Gasteiger partial charge in [-0.25, -0.2) is 0 Å². The molecule has 0 atom stereocenters. The van der Waals surface area contributed by atoms with E-state index >= 15 is 0 Å². The van der Waals surface area contributed by atoms with Crippen LogP contribution in [0.3, 0.4) is 0 Å². The zero-order valence-electron chi connectivity index (χ0n) is 35.7. The van der Waals surface area contributed by atoms with Crippen molar-refractivity contribution in [3.63, 3.8) is 0 Å². The summed E-state index contributed by atoms with van der Waals surface area (Å²) in [6, 6.07) is 32.6. The van der Waals surface area contributed by atoms with Gasteiger partial charge in [-0.2, -0.15) is 0 Å². The fourth-order valence-electron chi connectivity index (χ4n) is 8.55. The lowest BCUT2D eigenvalue weighted by atomic mass is 9.70. The summed E-state index contributed by atoms with van der Waals surface area (Å²) in [6.45, 7) is 26.5. The normalized spacial score (nSPS) is 13.2. The maximum atomic E-state index is 12.1. The van der Waals surface area contributed by atoms with Crippen molar-refractivity contribution in [2.45, 2.75) is 118 Å². The molecule has 2 heterocycles. The van der Waals surface area contributed by atoms with Crippen LogP contribution in [0.1, 0.15) is 123 Å². The minimum absolute atomic E-state index is 0.0938. The van der Waals surface area contributed by atoms with Gasteiger partial charge >= 0.3 is 0 Å². The second-order valence-electron chi connectivity index (χ2n) is 20.0. The Labute approximate surface area is 337 Å². The van der Waals surface area contributed by atoms with Crippen molar-refractivity contribution in [3.8, 4) is 22.9 Å². The molecule has 2 N–H and O–H groups in total. The number of phenols is 2. The summed E-state index contributed by atoms with van der Waals surface area (Å²) in [5.74, 6) is 0.338. The van der Waals surface area contributed by atoms with Crippen molar-refractivity contribution >= 4 is 22.1 Å². The van der Waals surface area contributed by atoms with Crippen molar-refractivity contribution in [1.82, 2.24) is 30.0 Å². The number of fused-ring (bicyclic) bond motifs is 2. The van der Waals surface area contributed by atoms with Gasteiger partial charge in [-0.1, -0.05) is 144 Å². The quantitative estimate of drug-likeness (QED) is 0.152. The van der Waals surface area contributed by atoms with Crippen LogP contribution in [0.25, 0.3) is 33.4 Å². The third-order valence-electron chi connectivity index (χ3n) is 11.5. The highest BCUT2D eigenvalue weighted by Gasteiger charge is 2.34. The summed E-state index contributed by atoms with van der Waals surface area (Å²) < 4.78 is 0. The molecule has 8 nitrogen and oxygen atoms in total. The van der Waals surface area contributed by atoms with E-state index in [9.17, 15) is 10.2 Å². The van der Waals surface area contributed by atoms with Gasteiger partial charge in [0.25, 0.3) is 0 Å². The maximum Gasteiger partial charge on any atom is 0.147 e. The largest absolute Gasteiger partial charge is 0.505 e. The van der Waals surface area contributed by atoms with Gasteiger partial charge in [0.15, 0.2) is 0 Å².